The Kier molecular flexibility index (Phi) is 5.48. The molecule has 6 nitrogen and oxygen atoms in total. The second-order valence-corrected chi connectivity index (χ2v) is 4.21. The average Bonchev–Trinajstić information content (AvgIpc) is 2.26. The first kappa shape index (κ1) is 13.5. The molecular formula is C11H21N5O. The van der Waals surface area contributed by atoms with Crippen LogP contribution in [-0.4, -0.2) is 56.0 Å². The highest BCUT2D eigenvalue weighted by Gasteiger charge is 2.14. The Morgan fingerprint density at radius 2 is 2.47 bits per heavy atom. The molecule has 0 aromatic carbocycles. The van der Waals surface area contributed by atoms with Gasteiger partial charge < -0.3 is 16.4 Å². The van der Waals surface area contributed by atoms with Crippen molar-refractivity contribution in [2.45, 2.75) is 6.92 Å². The second-order valence-electron chi connectivity index (χ2n) is 4.21. The third kappa shape index (κ3) is 5.91. The molecule has 0 aliphatic carbocycles. The first-order valence-electron chi connectivity index (χ1n) is 5.75. The molecule has 96 valence electrons. The molecule has 1 fully saturated rings. The van der Waals surface area contributed by atoms with Gasteiger partial charge in [0.2, 0.25) is 5.91 Å². The summed E-state index contributed by atoms with van der Waals surface area (Å²) in [5.41, 5.74) is 6.64. The SMILES string of the molecule is C=C(C)CN=C(N)NCCN1CCNC(=O)C1. The zero-order valence-electron chi connectivity index (χ0n) is 10.3. The van der Waals surface area contributed by atoms with Gasteiger partial charge in [0.25, 0.3) is 0 Å². The van der Waals surface area contributed by atoms with Crippen LogP contribution in [0, 0.1) is 0 Å². The maximum Gasteiger partial charge on any atom is 0.234 e. The zero-order chi connectivity index (χ0) is 12.7. The van der Waals surface area contributed by atoms with Crippen LogP contribution in [0.3, 0.4) is 0 Å². The number of carbonyl (C=O) groups is 1. The number of nitrogens with zero attached hydrogens (tertiary/aromatic N) is 2. The molecule has 0 saturated carbocycles. The fourth-order valence-corrected chi connectivity index (χ4v) is 1.50. The summed E-state index contributed by atoms with van der Waals surface area (Å²) in [5.74, 6) is 0.509. The number of nitrogens with one attached hydrogen (secondary N) is 2. The van der Waals surface area contributed by atoms with Crippen molar-refractivity contribution in [3.63, 3.8) is 0 Å². The fourth-order valence-electron chi connectivity index (χ4n) is 1.50. The van der Waals surface area contributed by atoms with E-state index in [-0.39, 0.29) is 5.91 Å². The van der Waals surface area contributed by atoms with E-state index < -0.39 is 0 Å². The molecule has 1 rings (SSSR count). The smallest absolute Gasteiger partial charge is 0.234 e. The normalized spacial score (nSPS) is 17.7. The molecule has 0 unspecified atom stereocenters. The number of rotatable bonds is 5. The van der Waals surface area contributed by atoms with Crippen LogP contribution in [0.5, 0.6) is 0 Å². The lowest BCUT2D eigenvalue weighted by molar-refractivity contribution is -0.124. The highest BCUT2D eigenvalue weighted by Crippen LogP contribution is 1.91. The van der Waals surface area contributed by atoms with Gasteiger partial charge in [-0.1, -0.05) is 12.2 Å². The molecule has 0 spiro atoms. The fraction of sp³-hybridized carbons (Fsp3) is 0.636. The predicted octanol–water partition coefficient (Wildman–Crippen LogP) is -1.10. The molecule has 0 atom stereocenters. The molecule has 0 radical (unpaired) electrons. The number of piperazine rings is 1. The van der Waals surface area contributed by atoms with E-state index in [4.69, 9.17) is 5.73 Å². The van der Waals surface area contributed by atoms with Gasteiger partial charge in [-0.25, -0.2) is 4.99 Å². The summed E-state index contributed by atoms with van der Waals surface area (Å²) in [5, 5.41) is 5.80. The number of guanidine groups is 1. The molecular weight excluding hydrogens is 218 g/mol. The topological polar surface area (TPSA) is 82.8 Å². The summed E-state index contributed by atoms with van der Waals surface area (Å²) in [6.07, 6.45) is 0. The van der Waals surface area contributed by atoms with Crippen LogP contribution >= 0.6 is 0 Å². The maximum atomic E-state index is 11.1. The molecule has 0 aromatic rings. The van der Waals surface area contributed by atoms with E-state index >= 15 is 0 Å². The minimum Gasteiger partial charge on any atom is -0.370 e. The van der Waals surface area contributed by atoms with Gasteiger partial charge in [-0.05, 0) is 6.92 Å². The quantitative estimate of drug-likeness (QED) is 0.323. The Bertz CT molecular complexity index is 313. The molecule has 0 aromatic heterocycles. The zero-order valence-corrected chi connectivity index (χ0v) is 10.3. The average molecular weight is 239 g/mol. The third-order valence-electron chi connectivity index (χ3n) is 2.37. The van der Waals surface area contributed by atoms with Crippen LogP contribution in [-0.2, 0) is 4.79 Å². The third-order valence-corrected chi connectivity index (χ3v) is 2.37. The van der Waals surface area contributed by atoms with Crippen molar-refractivity contribution < 1.29 is 4.79 Å². The predicted molar refractivity (Wildman–Crippen MR) is 68.8 cm³/mol. The van der Waals surface area contributed by atoms with Crippen molar-refractivity contribution in [3.05, 3.63) is 12.2 Å². The Hall–Kier alpha value is -1.56. The van der Waals surface area contributed by atoms with E-state index in [1.165, 1.54) is 0 Å². The van der Waals surface area contributed by atoms with Gasteiger partial charge in [0.05, 0.1) is 13.1 Å². The van der Waals surface area contributed by atoms with Crippen molar-refractivity contribution in [3.8, 4) is 0 Å². The lowest BCUT2D eigenvalue weighted by atomic mass is 10.3. The number of hydrogen-bond donors (Lipinski definition) is 3. The standard InChI is InChI=1S/C11H21N5O/c1-9(2)7-15-11(12)14-4-6-16-5-3-13-10(17)8-16/h1,3-8H2,2H3,(H,13,17)(H3,12,14,15). The van der Waals surface area contributed by atoms with Gasteiger partial charge >= 0.3 is 0 Å². The Morgan fingerprint density at radius 1 is 1.71 bits per heavy atom. The Labute approximate surface area is 102 Å². The highest BCUT2D eigenvalue weighted by molar-refractivity contribution is 5.79. The van der Waals surface area contributed by atoms with Crippen LogP contribution < -0.4 is 16.4 Å². The Morgan fingerprint density at radius 3 is 3.12 bits per heavy atom. The van der Waals surface area contributed by atoms with Crippen molar-refractivity contribution in [1.82, 2.24) is 15.5 Å². The summed E-state index contributed by atoms with van der Waals surface area (Å²) in [4.78, 5) is 17.3. The van der Waals surface area contributed by atoms with E-state index in [2.05, 4.69) is 27.1 Å². The van der Waals surface area contributed by atoms with Gasteiger partial charge in [0.1, 0.15) is 0 Å². The van der Waals surface area contributed by atoms with Gasteiger partial charge in [-0.15, -0.1) is 0 Å². The van der Waals surface area contributed by atoms with E-state index in [1.807, 2.05) is 6.92 Å². The number of carbonyl (C=O) groups excluding carboxylic acids is 1. The second kappa shape index (κ2) is 6.90. The summed E-state index contributed by atoms with van der Waals surface area (Å²) < 4.78 is 0. The highest BCUT2D eigenvalue weighted by atomic mass is 16.2. The van der Waals surface area contributed by atoms with Crippen molar-refractivity contribution in [1.29, 1.82) is 0 Å². The number of hydrogen-bond acceptors (Lipinski definition) is 3. The summed E-state index contributed by atoms with van der Waals surface area (Å²) in [6, 6.07) is 0. The molecule has 1 heterocycles. The first-order chi connectivity index (χ1) is 8.08. The number of aliphatic imine (C=N–C) groups is 1. The Balaban J connectivity index is 2.16. The lowest BCUT2D eigenvalue weighted by Crippen LogP contribution is -2.50. The van der Waals surface area contributed by atoms with Crippen LogP contribution in [0.15, 0.2) is 17.1 Å². The number of amides is 1. The molecule has 4 N–H and O–H groups in total. The van der Waals surface area contributed by atoms with Gasteiger partial charge in [-0.2, -0.15) is 0 Å². The van der Waals surface area contributed by atoms with Crippen LogP contribution in [0.2, 0.25) is 0 Å². The van der Waals surface area contributed by atoms with E-state index in [1.54, 1.807) is 0 Å². The summed E-state index contributed by atoms with van der Waals surface area (Å²) in [7, 11) is 0. The van der Waals surface area contributed by atoms with Gasteiger partial charge in [0.15, 0.2) is 5.96 Å². The monoisotopic (exact) mass is 239 g/mol. The van der Waals surface area contributed by atoms with Crippen molar-refractivity contribution in [2.24, 2.45) is 10.7 Å². The molecule has 1 aliphatic heterocycles. The molecule has 1 saturated heterocycles. The van der Waals surface area contributed by atoms with Crippen LogP contribution in [0.1, 0.15) is 6.92 Å². The summed E-state index contributed by atoms with van der Waals surface area (Å²) in [6.45, 7) is 9.75. The molecule has 1 aliphatic rings. The first-order valence-corrected chi connectivity index (χ1v) is 5.75. The van der Waals surface area contributed by atoms with Gasteiger partial charge in [-0.3, -0.25) is 9.69 Å². The lowest BCUT2D eigenvalue weighted by Gasteiger charge is -2.26. The van der Waals surface area contributed by atoms with Crippen LogP contribution in [0.4, 0.5) is 0 Å². The van der Waals surface area contributed by atoms with E-state index in [0.717, 1.165) is 25.2 Å². The maximum absolute atomic E-state index is 11.1. The van der Waals surface area contributed by atoms with Crippen molar-refractivity contribution in [2.75, 3.05) is 39.3 Å². The molecule has 1 amide bonds. The minimum atomic E-state index is 0.0835. The molecule has 17 heavy (non-hydrogen) atoms. The van der Waals surface area contributed by atoms with Crippen LogP contribution in [0.25, 0.3) is 0 Å². The molecule has 0 bridgehead atoms. The summed E-state index contributed by atoms with van der Waals surface area (Å²) >= 11 is 0. The largest absolute Gasteiger partial charge is 0.370 e. The molecule has 6 heteroatoms. The van der Waals surface area contributed by atoms with Gasteiger partial charge in [0, 0.05) is 26.2 Å². The van der Waals surface area contributed by atoms with E-state index in [0.29, 0.717) is 25.6 Å². The van der Waals surface area contributed by atoms with E-state index in [9.17, 15) is 4.79 Å². The van der Waals surface area contributed by atoms with Crippen molar-refractivity contribution >= 4 is 11.9 Å². The number of nitrogens with two attached hydrogens (primary N) is 1. The minimum absolute atomic E-state index is 0.0835.